The number of allylic oxidation sites excluding steroid dienone is 8. The molecule has 0 N–H and O–H groups in total. The molecule has 7 rings (SSSR count). The second kappa shape index (κ2) is 15.8. The van der Waals surface area contributed by atoms with Gasteiger partial charge in [0.15, 0.2) is 5.71 Å². The molecule has 51 heavy (non-hydrogen) atoms. The zero-order valence-corrected chi connectivity index (χ0v) is 31.9. The van der Waals surface area contributed by atoms with Crippen molar-refractivity contribution in [2.75, 3.05) is 18.0 Å². The Bertz CT molecular complexity index is 1800. The molecule has 2 heteroatoms. The molecule has 2 aliphatic carbocycles. The molecule has 2 saturated carbocycles. The van der Waals surface area contributed by atoms with E-state index in [4.69, 9.17) is 0 Å². The maximum absolute atomic E-state index is 2.68. The quantitative estimate of drug-likeness (QED) is 0.145. The van der Waals surface area contributed by atoms with Crippen LogP contribution in [0.3, 0.4) is 0 Å². The summed E-state index contributed by atoms with van der Waals surface area (Å²) in [4.78, 5) is 2.68. The standard InChI is InChI=1S/C49H61N2/c1-38(2)30-36-50-44-26-12-10-24-42(44)48(32-14-6-15-33-48)46(50)28-18-22-41(40-20-8-5-9-21-40)23-19-29-47-49(34-16-7-17-35-49)43-25-11-13-27-45(43)51(47)37-31-39(3)4/h5,8-13,18-29,38-39H,6-7,14-17,30-37H2,1-4H3/q+1. The minimum Gasteiger partial charge on any atom is -0.344 e. The van der Waals surface area contributed by atoms with Crippen LogP contribution in [0.1, 0.15) is 121 Å². The van der Waals surface area contributed by atoms with Gasteiger partial charge in [0.1, 0.15) is 6.54 Å². The first kappa shape index (κ1) is 35.5. The normalized spacial score (nSPS) is 20.6. The third kappa shape index (κ3) is 7.13. The number of anilines is 1. The second-order valence-corrected chi connectivity index (χ2v) is 16.6. The first-order chi connectivity index (χ1) is 24.9. The van der Waals surface area contributed by atoms with Crippen LogP contribution >= 0.6 is 0 Å². The van der Waals surface area contributed by atoms with Gasteiger partial charge in [-0.2, -0.15) is 4.58 Å². The Hall–Kier alpha value is -3.91. The molecular formula is C49H61N2+. The van der Waals surface area contributed by atoms with Crippen LogP contribution in [0.15, 0.2) is 121 Å². The van der Waals surface area contributed by atoms with Crippen LogP contribution in [0.25, 0.3) is 5.57 Å². The fourth-order valence-corrected chi connectivity index (χ4v) is 9.76. The van der Waals surface area contributed by atoms with Gasteiger partial charge < -0.3 is 4.90 Å². The molecule has 266 valence electrons. The van der Waals surface area contributed by atoms with E-state index < -0.39 is 0 Å². The molecule has 3 aromatic rings. The lowest BCUT2D eigenvalue weighted by Crippen LogP contribution is -2.36. The van der Waals surface area contributed by atoms with Crippen LogP contribution in [0.4, 0.5) is 11.4 Å². The van der Waals surface area contributed by atoms with Crippen LogP contribution in [0, 0.1) is 11.8 Å². The molecule has 2 heterocycles. The molecule has 2 nitrogen and oxygen atoms in total. The van der Waals surface area contributed by atoms with Crippen molar-refractivity contribution in [3.8, 4) is 0 Å². The summed E-state index contributed by atoms with van der Waals surface area (Å²) in [7, 11) is 0. The van der Waals surface area contributed by atoms with Gasteiger partial charge in [-0.1, -0.05) is 157 Å². The Kier molecular flexibility index (Phi) is 11.0. The fraction of sp³-hybridized carbons (Fsp3) is 0.449. The molecule has 0 bridgehead atoms. The Balaban J connectivity index is 1.27. The van der Waals surface area contributed by atoms with Crippen molar-refractivity contribution in [3.63, 3.8) is 0 Å². The van der Waals surface area contributed by atoms with Gasteiger partial charge in [-0.25, -0.2) is 0 Å². The van der Waals surface area contributed by atoms with Gasteiger partial charge in [0.2, 0.25) is 5.69 Å². The molecule has 0 unspecified atom stereocenters. The summed E-state index contributed by atoms with van der Waals surface area (Å²) in [5.74, 6) is 1.35. The minimum atomic E-state index is 0.134. The average molecular weight is 678 g/mol. The maximum atomic E-state index is 2.68. The molecule has 0 aromatic heterocycles. The Morgan fingerprint density at radius 3 is 2.02 bits per heavy atom. The maximum Gasteiger partial charge on any atom is 0.209 e. The fourth-order valence-electron chi connectivity index (χ4n) is 9.76. The molecule has 0 atom stereocenters. The van der Waals surface area contributed by atoms with Crippen LogP contribution in [-0.4, -0.2) is 23.4 Å². The van der Waals surface area contributed by atoms with Crippen molar-refractivity contribution in [1.29, 1.82) is 0 Å². The topological polar surface area (TPSA) is 6.25 Å². The van der Waals surface area contributed by atoms with E-state index in [0.717, 1.165) is 13.1 Å². The smallest absolute Gasteiger partial charge is 0.209 e. The van der Waals surface area contributed by atoms with Crippen LogP contribution in [-0.2, 0) is 10.8 Å². The second-order valence-electron chi connectivity index (χ2n) is 16.6. The minimum absolute atomic E-state index is 0.134. The van der Waals surface area contributed by atoms with Crippen LogP contribution in [0.5, 0.6) is 0 Å². The first-order valence-corrected chi connectivity index (χ1v) is 20.4. The molecule has 0 radical (unpaired) electrons. The van der Waals surface area contributed by atoms with Gasteiger partial charge in [-0.15, -0.1) is 0 Å². The summed E-state index contributed by atoms with van der Waals surface area (Å²) in [6, 6.07) is 29.6. The lowest BCUT2D eigenvalue weighted by atomic mass is 9.67. The number of fused-ring (bicyclic) bond motifs is 4. The SMILES string of the molecule is CC(C)CCN1/C(=C/C=C/C(=C/C=C/C2=[N+](CCC(C)C)c3ccccc3C23CCCCC3)c2ccccc2)C2(CCCCC2)c2ccccc21. The summed E-state index contributed by atoms with van der Waals surface area (Å²) < 4.78 is 2.68. The Morgan fingerprint density at radius 2 is 1.31 bits per heavy atom. The number of hydrogen-bond acceptors (Lipinski definition) is 1. The van der Waals surface area contributed by atoms with E-state index in [-0.39, 0.29) is 10.8 Å². The zero-order chi connectivity index (χ0) is 35.3. The van der Waals surface area contributed by atoms with Gasteiger partial charge in [-0.3, -0.25) is 0 Å². The molecule has 2 fully saturated rings. The summed E-state index contributed by atoms with van der Waals surface area (Å²) in [5, 5.41) is 0. The molecular weight excluding hydrogens is 617 g/mol. The molecule has 0 amide bonds. The highest BCUT2D eigenvalue weighted by atomic mass is 15.2. The largest absolute Gasteiger partial charge is 0.344 e. The monoisotopic (exact) mass is 677 g/mol. The van der Waals surface area contributed by atoms with Crippen molar-refractivity contribution in [3.05, 3.63) is 138 Å². The van der Waals surface area contributed by atoms with E-state index in [1.54, 1.807) is 11.1 Å². The molecule has 2 aliphatic heterocycles. The Morgan fingerprint density at radius 1 is 0.686 bits per heavy atom. The highest BCUT2D eigenvalue weighted by Crippen LogP contribution is 2.55. The van der Waals surface area contributed by atoms with Crippen molar-refractivity contribution in [2.45, 2.75) is 116 Å². The highest BCUT2D eigenvalue weighted by molar-refractivity contribution is 6.04. The van der Waals surface area contributed by atoms with E-state index in [9.17, 15) is 0 Å². The number of rotatable bonds is 11. The van der Waals surface area contributed by atoms with Gasteiger partial charge in [-0.05, 0) is 72.8 Å². The van der Waals surface area contributed by atoms with Crippen molar-refractivity contribution < 1.29 is 4.58 Å². The van der Waals surface area contributed by atoms with E-state index >= 15 is 0 Å². The summed E-state index contributed by atoms with van der Waals surface area (Å²) in [5.41, 5.74) is 11.8. The van der Waals surface area contributed by atoms with Crippen molar-refractivity contribution >= 4 is 22.7 Å². The number of benzene rings is 3. The third-order valence-corrected chi connectivity index (χ3v) is 12.4. The van der Waals surface area contributed by atoms with Gasteiger partial charge in [0.25, 0.3) is 0 Å². The predicted octanol–water partition coefficient (Wildman–Crippen LogP) is 12.9. The summed E-state index contributed by atoms with van der Waals surface area (Å²) in [6.07, 6.45) is 29.8. The predicted molar refractivity (Wildman–Crippen MR) is 219 cm³/mol. The van der Waals surface area contributed by atoms with Crippen LogP contribution in [0.2, 0.25) is 0 Å². The first-order valence-electron chi connectivity index (χ1n) is 20.4. The number of hydrogen-bond donors (Lipinski definition) is 0. The van der Waals surface area contributed by atoms with Crippen LogP contribution < -0.4 is 4.90 Å². The van der Waals surface area contributed by atoms with Crippen molar-refractivity contribution in [2.24, 2.45) is 11.8 Å². The molecule has 4 aliphatic rings. The Labute approximate surface area is 309 Å². The third-order valence-electron chi connectivity index (χ3n) is 12.4. The van der Waals surface area contributed by atoms with E-state index in [1.807, 2.05) is 0 Å². The number of nitrogens with zero attached hydrogens (tertiary/aromatic N) is 2. The molecule has 0 saturated heterocycles. The van der Waals surface area contributed by atoms with E-state index in [0.29, 0.717) is 11.8 Å². The van der Waals surface area contributed by atoms with E-state index in [1.165, 1.54) is 111 Å². The lowest BCUT2D eigenvalue weighted by molar-refractivity contribution is -0.439. The summed E-state index contributed by atoms with van der Waals surface area (Å²) >= 11 is 0. The van der Waals surface area contributed by atoms with Gasteiger partial charge >= 0.3 is 0 Å². The summed E-state index contributed by atoms with van der Waals surface area (Å²) in [6.45, 7) is 11.6. The lowest BCUT2D eigenvalue weighted by Gasteiger charge is -2.37. The molecule has 3 aromatic carbocycles. The number of para-hydroxylation sites is 2. The van der Waals surface area contributed by atoms with E-state index in [2.05, 4.69) is 152 Å². The van der Waals surface area contributed by atoms with Gasteiger partial charge in [0, 0.05) is 47.5 Å². The van der Waals surface area contributed by atoms with Gasteiger partial charge in [0.05, 0.1) is 5.41 Å². The zero-order valence-electron chi connectivity index (χ0n) is 31.9. The average Bonchev–Trinajstić information content (AvgIpc) is 3.55. The van der Waals surface area contributed by atoms with Crippen molar-refractivity contribution in [1.82, 2.24) is 0 Å². The molecule has 2 spiro atoms. The highest BCUT2D eigenvalue weighted by Gasteiger charge is 2.51.